The van der Waals surface area contributed by atoms with Gasteiger partial charge in [-0.1, -0.05) is 41.5 Å². The van der Waals surface area contributed by atoms with Crippen molar-refractivity contribution in [2.24, 2.45) is 63.6 Å². The van der Waals surface area contributed by atoms with Crippen molar-refractivity contribution in [1.29, 1.82) is 0 Å². The van der Waals surface area contributed by atoms with Gasteiger partial charge in [0.05, 0.1) is 6.10 Å². The maximum absolute atomic E-state index is 6.31. The average molecular weight is 415 g/mol. The third kappa shape index (κ3) is 2.82. The van der Waals surface area contributed by atoms with Crippen LogP contribution in [0.25, 0.3) is 0 Å². The Morgan fingerprint density at radius 1 is 0.900 bits per heavy atom. The number of ether oxygens (including phenoxy) is 1. The molecule has 5 fully saturated rings. The topological polar surface area (TPSA) is 9.23 Å². The van der Waals surface area contributed by atoms with Crippen molar-refractivity contribution in [3.05, 3.63) is 0 Å². The zero-order chi connectivity index (χ0) is 21.5. The Kier molecular flexibility index (Phi) is 5.25. The molecule has 1 nitrogen and oxygen atoms in total. The van der Waals surface area contributed by atoms with Crippen LogP contribution in [0.15, 0.2) is 0 Å². The van der Waals surface area contributed by atoms with Gasteiger partial charge in [0, 0.05) is 12.5 Å². The highest BCUT2D eigenvalue weighted by atomic mass is 16.5. The first-order valence-corrected chi connectivity index (χ1v) is 13.7. The molecule has 1 spiro atoms. The fraction of sp³-hybridized carbons (Fsp3) is 1.00. The normalized spacial score (nSPS) is 53.6. The van der Waals surface area contributed by atoms with Crippen LogP contribution in [0, 0.1) is 63.6 Å². The number of hydrogen-bond acceptors (Lipinski definition) is 1. The summed E-state index contributed by atoms with van der Waals surface area (Å²) < 4.78 is 6.31. The van der Waals surface area contributed by atoms with Crippen molar-refractivity contribution in [3.63, 3.8) is 0 Å². The summed E-state index contributed by atoms with van der Waals surface area (Å²) in [6.07, 6.45) is 15.3. The maximum atomic E-state index is 6.31. The quantitative estimate of drug-likeness (QED) is 0.428. The van der Waals surface area contributed by atoms with Gasteiger partial charge in [0.2, 0.25) is 0 Å². The van der Waals surface area contributed by atoms with Crippen molar-refractivity contribution in [2.75, 3.05) is 7.11 Å². The molecule has 0 saturated heterocycles. The number of rotatable bonds is 6. The van der Waals surface area contributed by atoms with Gasteiger partial charge in [-0.05, 0) is 122 Å². The Balaban J connectivity index is 1.36. The second-order valence-electron chi connectivity index (χ2n) is 13.9. The Hall–Kier alpha value is -0.0400. The van der Waals surface area contributed by atoms with Crippen LogP contribution in [-0.2, 0) is 4.74 Å². The summed E-state index contributed by atoms with van der Waals surface area (Å²) in [5, 5.41) is 0. The lowest BCUT2D eigenvalue weighted by molar-refractivity contribution is -0.161. The van der Waals surface area contributed by atoms with E-state index in [1.54, 1.807) is 0 Å². The smallest absolute Gasteiger partial charge is 0.0638 e. The minimum atomic E-state index is 0.557. The van der Waals surface area contributed by atoms with Crippen molar-refractivity contribution in [3.8, 4) is 0 Å². The van der Waals surface area contributed by atoms with Gasteiger partial charge in [-0.3, -0.25) is 0 Å². The zero-order valence-electron chi connectivity index (χ0n) is 21.2. The molecule has 11 atom stereocenters. The lowest BCUT2D eigenvalue weighted by atomic mass is 9.45. The highest BCUT2D eigenvalue weighted by molar-refractivity contribution is 5.26. The molecule has 5 aliphatic rings. The summed E-state index contributed by atoms with van der Waals surface area (Å²) in [6.45, 7) is 15.4. The fourth-order valence-electron chi connectivity index (χ4n) is 11.3. The average Bonchev–Trinajstić information content (AvgIpc) is 3.17. The predicted octanol–water partition coefficient (Wildman–Crippen LogP) is 7.98. The Morgan fingerprint density at radius 2 is 1.67 bits per heavy atom. The molecule has 0 radical (unpaired) electrons. The van der Waals surface area contributed by atoms with E-state index < -0.39 is 0 Å². The number of hydrogen-bond donors (Lipinski definition) is 0. The molecule has 172 valence electrons. The third-order valence-electron chi connectivity index (χ3n) is 12.2. The van der Waals surface area contributed by atoms with E-state index in [1.165, 1.54) is 64.2 Å². The molecule has 0 aromatic heterocycles. The molecular weight excluding hydrogens is 364 g/mol. The second kappa shape index (κ2) is 7.23. The Labute approximate surface area is 187 Å². The molecule has 0 bridgehead atoms. The molecule has 1 heteroatoms. The summed E-state index contributed by atoms with van der Waals surface area (Å²) in [6, 6.07) is 0. The van der Waals surface area contributed by atoms with E-state index in [1.807, 2.05) is 7.11 Å². The summed E-state index contributed by atoms with van der Waals surface area (Å²) in [5.41, 5.74) is 1.76. The molecule has 0 aliphatic heterocycles. The van der Waals surface area contributed by atoms with Gasteiger partial charge in [-0.2, -0.15) is 0 Å². The minimum Gasteiger partial charge on any atom is -0.381 e. The zero-order valence-corrected chi connectivity index (χ0v) is 21.2. The first kappa shape index (κ1) is 21.8. The van der Waals surface area contributed by atoms with Crippen molar-refractivity contribution in [2.45, 2.75) is 112 Å². The Morgan fingerprint density at radius 3 is 2.33 bits per heavy atom. The van der Waals surface area contributed by atoms with E-state index in [-0.39, 0.29) is 0 Å². The first-order chi connectivity index (χ1) is 14.2. The van der Waals surface area contributed by atoms with Gasteiger partial charge >= 0.3 is 0 Å². The molecule has 5 saturated carbocycles. The Bertz CT molecular complexity index is 655. The van der Waals surface area contributed by atoms with E-state index in [2.05, 4.69) is 41.5 Å². The van der Waals surface area contributed by atoms with Crippen LogP contribution in [-0.4, -0.2) is 13.2 Å². The largest absolute Gasteiger partial charge is 0.381 e. The second-order valence-corrected chi connectivity index (χ2v) is 13.9. The highest BCUT2D eigenvalue weighted by Gasteiger charge is 2.77. The molecule has 30 heavy (non-hydrogen) atoms. The summed E-state index contributed by atoms with van der Waals surface area (Å²) >= 11 is 0. The first-order valence-electron chi connectivity index (χ1n) is 13.7. The van der Waals surface area contributed by atoms with Gasteiger partial charge < -0.3 is 4.74 Å². The number of methoxy groups -OCH3 is 1. The predicted molar refractivity (Wildman–Crippen MR) is 126 cm³/mol. The molecule has 5 rings (SSSR count). The van der Waals surface area contributed by atoms with Gasteiger partial charge in [0.1, 0.15) is 0 Å². The highest BCUT2D eigenvalue weighted by Crippen LogP contribution is 2.82. The van der Waals surface area contributed by atoms with Gasteiger partial charge in [0.25, 0.3) is 0 Å². The minimum absolute atomic E-state index is 0.557. The van der Waals surface area contributed by atoms with Crippen LogP contribution >= 0.6 is 0 Å². The lowest BCUT2D eigenvalue weighted by Crippen LogP contribution is -2.57. The number of fused-ring (bicyclic) bond motifs is 4. The molecule has 0 heterocycles. The van der Waals surface area contributed by atoms with E-state index in [0.717, 1.165) is 47.3 Å². The van der Waals surface area contributed by atoms with Crippen LogP contribution in [0.1, 0.15) is 106 Å². The summed E-state index contributed by atoms with van der Waals surface area (Å²) in [7, 11) is 2.03. The third-order valence-corrected chi connectivity index (χ3v) is 12.2. The van der Waals surface area contributed by atoms with E-state index >= 15 is 0 Å². The van der Waals surface area contributed by atoms with E-state index in [4.69, 9.17) is 4.74 Å². The van der Waals surface area contributed by atoms with Crippen LogP contribution in [0.3, 0.4) is 0 Å². The molecule has 5 aliphatic carbocycles. The molecule has 0 N–H and O–H groups in total. The monoisotopic (exact) mass is 414 g/mol. The molecule has 0 aromatic carbocycles. The van der Waals surface area contributed by atoms with Crippen LogP contribution in [0.4, 0.5) is 0 Å². The molecular formula is C29H50O. The molecule has 0 aromatic rings. The van der Waals surface area contributed by atoms with Gasteiger partial charge in [0.15, 0.2) is 0 Å². The molecule has 0 amide bonds. The summed E-state index contributed by atoms with van der Waals surface area (Å²) in [5.74, 6) is 7.48. The van der Waals surface area contributed by atoms with Crippen LogP contribution < -0.4 is 0 Å². The van der Waals surface area contributed by atoms with Crippen LogP contribution in [0.5, 0.6) is 0 Å². The van der Waals surface area contributed by atoms with Crippen molar-refractivity contribution in [1.82, 2.24) is 0 Å². The maximum Gasteiger partial charge on any atom is 0.0638 e. The summed E-state index contributed by atoms with van der Waals surface area (Å²) in [4.78, 5) is 0. The standard InChI is InChI=1S/C29H50O/c1-18(2)14-19(3)15-20(4)23-8-9-24-22-16-26(30-7)29-17-21(29)10-13-28(29,6)25(22)11-12-27(23,24)5/h18-26H,8-17H2,1-7H3/t19-,20-,21-,22+,23-,24+,25+,26-,27-,28-,29+/m1/s1. The molecule has 0 unspecified atom stereocenters. The fourth-order valence-corrected chi connectivity index (χ4v) is 11.3. The lowest BCUT2D eigenvalue weighted by Gasteiger charge is -2.61. The van der Waals surface area contributed by atoms with E-state index in [9.17, 15) is 0 Å². The van der Waals surface area contributed by atoms with Gasteiger partial charge in [-0.15, -0.1) is 0 Å². The SMILES string of the molecule is CO[C@@H]1C[C@H]2[C@@H]3CC[C@H]([C@H](C)C[C@H](C)CC(C)C)[C@@]3(C)CC[C@@H]2[C@@]2(C)CC[C@@H]3C[C@]312. The van der Waals surface area contributed by atoms with Crippen molar-refractivity contribution < 1.29 is 4.74 Å². The van der Waals surface area contributed by atoms with Crippen LogP contribution in [0.2, 0.25) is 0 Å². The van der Waals surface area contributed by atoms with Crippen molar-refractivity contribution >= 4 is 0 Å². The van der Waals surface area contributed by atoms with E-state index in [0.29, 0.717) is 22.3 Å². The van der Waals surface area contributed by atoms with Gasteiger partial charge in [-0.25, -0.2) is 0 Å².